The van der Waals surface area contributed by atoms with Crippen molar-refractivity contribution in [3.63, 3.8) is 0 Å². The minimum Gasteiger partial charge on any atom is -0.444 e. The Kier molecular flexibility index (Phi) is 5.57. The highest BCUT2D eigenvalue weighted by Gasteiger charge is 2.18. The molecule has 1 rings (SSSR count). The first-order valence-electron chi connectivity index (χ1n) is 7.01. The van der Waals surface area contributed by atoms with Crippen LogP contribution in [0.4, 0.5) is 4.79 Å². The zero-order valence-corrected chi connectivity index (χ0v) is 13.1. The number of benzene rings is 1. The maximum Gasteiger partial charge on any atom is 0.408 e. The van der Waals surface area contributed by atoms with E-state index in [1.165, 1.54) is 5.56 Å². The molecule has 20 heavy (non-hydrogen) atoms. The molecule has 4 heteroatoms. The molecule has 1 aromatic carbocycles. The Morgan fingerprint density at radius 1 is 1.35 bits per heavy atom. The van der Waals surface area contributed by atoms with Gasteiger partial charge >= 0.3 is 6.09 Å². The van der Waals surface area contributed by atoms with E-state index in [0.717, 1.165) is 12.0 Å². The molecule has 0 saturated carbocycles. The topological polar surface area (TPSA) is 64.3 Å². The van der Waals surface area contributed by atoms with Crippen molar-refractivity contribution in [2.75, 3.05) is 0 Å². The second kappa shape index (κ2) is 6.75. The van der Waals surface area contributed by atoms with Crippen LogP contribution in [0.2, 0.25) is 0 Å². The SMILES string of the molecule is CC(N)Cc1cccc(C(C)NC(=O)OC(C)(C)C)c1. The predicted molar refractivity (Wildman–Crippen MR) is 81.6 cm³/mol. The lowest BCUT2D eigenvalue weighted by molar-refractivity contribution is 0.0508. The van der Waals surface area contributed by atoms with Gasteiger partial charge in [0.15, 0.2) is 0 Å². The minimum atomic E-state index is -0.485. The van der Waals surface area contributed by atoms with Crippen molar-refractivity contribution in [1.82, 2.24) is 5.32 Å². The van der Waals surface area contributed by atoms with Gasteiger partial charge in [-0.25, -0.2) is 4.79 Å². The molecule has 0 radical (unpaired) electrons. The van der Waals surface area contributed by atoms with Gasteiger partial charge in [-0.15, -0.1) is 0 Å². The fourth-order valence-electron chi connectivity index (χ4n) is 1.93. The molecule has 1 amide bonds. The fraction of sp³-hybridized carbons (Fsp3) is 0.562. The van der Waals surface area contributed by atoms with Crippen LogP contribution in [0.5, 0.6) is 0 Å². The van der Waals surface area contributed by atoms with Gasteiger partial charge in [-0.05, 0) is 52.2 Å². The monoisotopic (exact) mass is 278 g/mol. The van der Waals surface area contributed by atoms with Gasteiger partial charge in [-0.3, -0.25) is 0 Å². The Bertz CT molecular complexity index is 450. The predicted octanol–water partition coefficient (Wildman–Crippen LogP) is 3.16. The van der Waals surface area contributed by atoms with Gasteiger partial charge in [0.05, 0.1) is 6.04 Å². The van der Waals surface area contributed by atoms with E-state index in [2.05, 4.69) is 11.4 Å². The first-order valence-corrected chi connectivity index (χ1v) is 7.01. The summed E-state index contributed by atoms with van der Waals surface area (Å²) in [5.41, 5.74) is 7.55. The van der Waals surface area contributed by atoms with Crippen molar-refractivity contribution in [3.05, 3.63) is 35.4 Å². The molecule has 0 bridgehead atoms. The standard InChI is InChI=1S/C16H26N2O2/c1-11(17)9-13-7-6-8-14(10-13)12(2)18-15(19)20-16(3,4)5/h6-8,10-12H,9,17H2,1-5H3,(H,18,19). The molecule has 2 atom stereocenters. The van der Waals surface area contributed by atoms with Crippen LogP contribution in [-0.2, 0) is 11.2 Å². The van der Waals surface area contributed by atoms with E-state index >= 15 is 0 Å². The van der Waals surface area contributed by atoms with E-state index in [9.17, 15) is 4.79 Å². The summed E-state index contributed by atoms with van der Waals surface area (Å²) in [6.07, 6.45) is 0.426. The lowest BCUT2D eigenvalue weighted by Crippen LogP contribution is -2.34. The maximum atomic E-state index is 11.8. The Morgan fingerprint density at radius 3 is 2.55 bits per heavy atom. The third-order valence-electron chi connectivity index (χ3n) is 2.74. The number of hydrogen-bond donors (Lipinski definition) is 2. The van der Waals surface area contributed by atoms with Gasteiger partial charge in [0.2, 0.25) is 0 Å². The van der Waals surface area contributed by atoms with Gasteiger partial charge in [0.25, 0.3) is 0 Å². The van der Waals surface area contributed by atoms with E-state index in [-0.39, 0.29) is 12.1 Å². The van der Waals surface area contributed by atoms with Crippen LogP contribution < -0.4 is 11.1 Å². The summed E-state index contributed by atoms with van der Waals surface area (Å²) >= 11 is 0. The highest BCUT2D eigenvalue weighted by Crippen LogP contribution is 2.16. The zero-order valence-electron chi connectivity index (χ0n) is 13.1. The average Bonchev–Trinajstić information content (AvgIpc) is 2.25. The van der Waals surface area contributed by atoms with Crippen LogP contribution in [0.3, 0.4) is 0 Å². The first kappa shape index (κ1) is 16.5. The molecule has 112 valence electrons. The van der Waals surface area contributed by atoms with E-state index in [1.807, 2.05) is 52.8 Å². The van der Waals surface area contributed by atoms with Crippen molar-refractivity contribution in [3.8, 4) is 0 Å². The molecule has 0 aliphatic rings. The van der Waals surface area contributed by atoms with E-state index < -0.39 is 11.7 Å². The molecule has 0 fully saturated rings. The van der Waals surface area contributed by atoms with Crippen LogP contribution in [-0.4, -0.2) is 17.7 Å². The lowest BCUT2D eigenvalue weighted by atomic mass is 10.0. The Balaban J connectivity index is 2.67. The molecule has 4 nitrogen and oxygen atoms in total. The van der Waals surface area contributed by atoms with Crippen LogP contribution >= 0.6 is 0 Å². The first-order chi connectivity index (χ1) is 9.17. The largest absolute Gasteiger partial charge is 0.444 e. The third-order valence-corrected chi connectivity index (χ3v) is 2.74. The van der Waals surface area contributed by atoms with Crippen molar-refractivity contribution >= 4 is 6.09 Å². The Morgan fingerprint density at radius 2 is 2.00 bits per heavy atom. The second-order valence-electron chi connectivity index (χ2n) is 6.29. The van der Waals surface area contributed by atoms with Gasteiger partial charge in [-0.1, -0.05) is 24.3 Å². The molecular weight excluding hydrogens is 252 g/mol. The molecule has 0 spiro atoms. The fourth-order valence-corrected chi connectivity index (χ4v) is 1.93. The number of carbonyl (C=O) groups is 1. The lowest BCUT2D eigenvalue weighted by Gasteiger charge is -2.22. The number of carbonyl (C=O) groups excluding carboxylic acids is 1. The number of nitrogens with two attached hydrogens (primary N) is 1. The minimum absolute atomic E-state index is 0.0992. The van der Waals surface area contributed by atoms with Gasteiger partial charge in [0.1, 0.15) is 5.60 Å². The van der Waals surface area contributed by atoms with Crippen LogP contribution in [0.1, 0.15) is 51.8 Å². The van der Waals surface area contributed by atoms with Gasteiger partial charge < -0.3 is 15.8 Å². The highest BCUT2D eigenvalue weighted by atomic mass is 16.6. The maximum absolute atomic E-state index is 11.8. The summed E-state index contributed by atoms with van der Waals surface area (Å²) in [6, 6.07) is 8.13. The summed E-state index contributed by atoms with van der Waals surface area (Å²) in [4.78, 5) is 11.8. The van der Waals surface area contributed by atoms with E-state index in [4.69, 9.17) is 10.5 Å². The smallest absolute Gasteiger partial charge is 0.408 e. The molecular formula is C16H26N2O2. The third kappa shape index (κ3) is 6.06. The van der Waals surface area contributed by atoms with Crippen LogP contribution in [0.25, 0.3) is 0 Å². The number of alkyl carbamates (subject to hydrolysis) is 1. The summed E-state index contributed by atoms with van der Waals surface area (Å²) in [7, 11) is 0. The van der Waals surface area contributed by atoms with E-state index in [0.29, 0.717) is 0 Å². The molecule has 2 unspecified atom stereocenters. The summed E-state index contributed by atoms with van der Waals surface area (Å²) < 4.78 is 5.25. The molecule has 0 heterocycles. The van der Waals surface area contributed by atoms with E-state index in [1.54, 1.807) is 0 Å². The Labute approximate surface area is 121 Å². The van der Waals surface area contributed by atoms with Gasteiger partial charge in [0, 0.05) is 6.04 Å². The van der Waals surface area contributed by atoms with Crippen LogP contribution in [0.15, 0.2) is 24.3 Å². The molecule has 0 aliphatic heterocycles. The molecule has 3 N–H and O–H groups in total. The molecule has 1 aromatic rings. The Hall–Kier alpha value is -1.55. The molecule has 0 saturated heterocycles. The summed E-state index contributed by atoms with van der Waals surface area (Å²) in [6.45, 7) is 9.46. The van der Waals surface area contributed by atoms with Crippen molar-refractivity contribution in [2.24, 2.45) is 5.73 Å². The number of amides is 1. The summed E-state index contributed by atoms with van der Waals surface area (Å²) in [5.74, 6) is 0. The van der Waals surface area contributed by atoms with Crippen molar-refractivity contribution < 1.29 is 9.53 Å². The second-order valence-corrected chi connectivity index (χ2v) is 6.29. The average molecular weight is 278 g/mol. The molecule has 0 aliphatic carbocycles. The number of hydrogen-bond acceptors (Lipinski definition) is 3. The number of nitrogens with one attached hydrogen (secondary N) is 1. The zero-order chi connectivity index (χ0) is 15.3. The van der Waals surface area contributed by atoms with Crippen LogP contribution in [0, 0.1) is 0 Å². The van der Waals surface area contributed by atoms with Crippen molar-refractivity contribution in [2.45, 2.75) is 58.7 Å². The normalized spacial score (nSPS) is 14.5. The van der Waals surface area contributed by atoms with Crippen molar-refractivity contribution in [1.29, 1.82) is 0 Å². The number of rotatable bonds is 4. The number of ether oxygens (including phenoxy) is 1. The summed E-state index contributed by atoms with van der Waals surface area (Å²) in [5, 5.41) is 2.84. The quantitative estimate of drug-likeness (QED) is 0.889. The van der Waals surface area contributed by atoms with Gasteiger partial charge in [-0.2, -0.15) is 0 Å². The molecule has 0 aromatic heterocycles. The highest BCUT2D eigenvalue weighted by molar-refractivity contribution is 5.68.